The molecule has 3 N–H and O–H groups in total. The zero-order chi connectivity index (χ0) is 19.8. The number of hydrogen-bond donors (Lipinski definition) is 2. The van der Waals surface area contributed by atoms with Crippen molar-refractivity contribution < 1.29 is 10.1 Å². The van der Waals surface area contributed by atoms with Gasteiger partial charge in [-0.2, -0.15) is 5.26 Å². The van der Waals surface area contributed by atoms with Gasteiger partial charge in [-0.1, -0.05) is 64.1 Å². The van der Waals surface area contributed by atoms with Crippen LogP contribution in [0.3, 0.4) is 0 Å². The minimum absolute atomic E-state index is 0.0208. The van der Waals surface area contributed by atoms with E-state index in [1.165, 1.54) is 11.1 Å². The number of hydrogen-bond acceptors (Lipinski definition) is 2. The quantitative estimate of drug-likeness (QED) is 0.748. The molecule has 0 aromatic heterocycles. The molecule has 0 aliphatic heterocycles. The molecule has 0 saturated carbocycles. The van der Waals surface area contributed by atoms with Crippen LogP contribution in [0.25, 0.3) is 0 Å². The monoisotopic (exact) mass is 364 g/mol. The molecule has 2 aromatic rings. The van der Waals surface area contributed by atoms with Gasteiger partial charge in [0.2, 0.25) is 0 Å². The molecule has 27 heavy (non-hydrogen) atoms. The van der Waals surface area contributed by atoms with Gasteiger partial charge in [-0.15, -0.1) is 0 Å². The van der Waals surface area contributed by atoms with Gasteiger partial charge in [0.05, 0.1) is 12.5 Å². The molecule has 0 aliphatic rings. The molecule has 0 unspecified atom stereocenters. The molecule has 0 spiro atoms. The van der Waals surface area contributed by atoms with Crippen molar-refractivity contribution in [3.05, 3.63) is 65.2 Å². The summed E-state index contributed by atoms with van der Waals surface area (Å²) in [5.74, 6) is 0.923. The Hall–Kier alpha value is -2.64. The van der Waals surface area contributed by atoms with Gasteiger partial charge in [-0.3, -0.25) is 4.79 Å². The predicted octanol–water partition coefficient (Wildman–Crippen LogP) is 3.78. The van der Waals surface area contributed by atoms with Crippen LogP contribution in [-0.2, 0) is 11.2 Å². The van der Waals surface area contributed by atoms with E-state index in [2.05, 4.69) is 68.7 Å². The number of carbonyl (C=O) groups is 1. The first-order chi connectivity index (χ1) is 12.9. The fourth-order valence-electron chi connectivity index (χ4n) is 3.14. The summed E-state index contributed by atoms with van der Waals surface area (Å²) in [6.45, 7) is 9.12. The number of nitrogens with two attached hydrogens (primary N) is 1. The third-order valence-corrected chi connectivity index (χ3v) is 4.78. The Morgan fingerprint density at radius 1 is 1.00 bits per heavy atom. The summed E-state index contributed by atoms with van der Waals surface area (Å²) in [7, 11) is 0. The van der Waals surface area contributed by atoms with Crippen LogP contribution < -0.4 is 10.6 Å². The van der Waals surface area contributed by atoms with Crippen LogP contribution in [0, 0.1) is 17.2 Å². The molecule has 2 rings (SSSR count). The van der Waals surface area contributed by atoms with Gasteiger partial charge in [0.25, 0.3) is 5.91 Å². The van der Waals surface area contributed by atoms with Crippen molar-refractivity contribution in [1.29, 1.82) is 5.26 Å². The van der Waals surface area contributed by atoms with Gasteiger partial charge in [0.15, 0.2) is 6.54 Å². The van der Waals surface area contributed by atoms with E-state index in [9.17, 15) is 4.79 Å². The minimum Gasteiger partial charge on any atom is -0.332 e. The number of quaternary nitrogens is 1. The van der Waals surface area contributed by atoms with Gasteiger partial charge in [-0.05, 0) is 29.2 Å². The topological polar surface area (TPSA) is 69.5 Å². The number of nitrogens with one attached hydrogen (secondary N) is 1. The Morgan fingerprint density at radius 2 is 1.59 bits per heavy atom. The fraction of sp³-hybridized carbons (Fsp3) is 0.391. The van der Waals surface area contributed by atoms with Gasteiger partial charge in [0, 0.05) is 17.2 Å². The maximum Gasteiger partial charge on any atom is 0.279 e. The summed E-state index contributed by atoms with van der Waals surface area (Å²) < 4.78 is 0. The number of nitrogens with zero attached hydrogens (tertiary/aromatic N) is 1. The molecule has 1 atom stereocenters. The Labute approximate surface area is 162 Å². The number of benzene rings is 2. The molecule has 0 aliphatic carbocycles. The molecule has 4 heteroatoms. The van der Waals surface area contributed by atoms with Crippen LogP contribution in [0.4, 0.5) is 5.69 Å². The first-order valence-corrected chi connectivity index (χ1v) is 9.59. The maximum atomic E-state index is 12.3. The van der Waals surface area contributed by atoms with E-state index in [1.54, 1.807) is 0 Å². The highest BCUT2D eigenvalue weighted by molar-refractivity contribution is 5.91. The fourth-order valence-corrected chi connectivity index (χ4v) is 3.14. The summed E-state index contributed by atoms with van der Waals surface area (Å²) >= 11 is 0. The van der Waals surface area contributed by atoms with Crippen molar-refractivity contribution in [3.63, 3.8) is 0 Å². The lowest BCUT2D eigenvalue weighted by atomic mass is 9.93. The molecule has 0 radical (unpaired) electrons. The maximum absolute atomic E-state index is 12.3. The number of carbonyl (C=O) groups excluding carboxylic acids is 1. The molecule has 0 bridgehead atoms. The zero-order valence-corrected chi connectivity index (χ0v) is 16.7. The average molecular weight is 365 g/mol. The standard InChI is InChI=1S/C23H29N3O/c1-16(2)19-7-9-20(10-8-19)23(17(3)4)25-15-22(27)26-21-11-5-18(6-12-21)13-14-24/h5-12,16-17,23,25H,13,15H2,1-4H3,(H,26,27)/p+1/t23-/m1/s1. The highest BCUT2D eigenvalue weighted by atomic mass is 16.1. The molecular formula is C23H30N3O+. The number of rotatable bonds is 8. The van der Waals surface area contributed by atoms with E-state index < -0.39 is 0 Å². The molecular weight excluding hydrogens is 334 g/mol. The number of anilines is 1. The van der Waals surface area contributed by atoms with E-state index in [0.29, 0.717) is 24.8 Å². The largest absolute Gasteiger partial charge is 0.332 e. The van der Waals surface area contributed by atoms with E-state index in [0.717, 1.165) is 11.3 Å². The normalized spacial score (nSPS) is 12.0. The smallest absolute Gasteiger partial charge is 0.279 e. The molecule has 0 saturated heterocycles. The molecule has 142 valence electrons. The van der Waals surface area contributed by atoms with Crippen molar-refractivity contribution in [2.75, 3.05) is 11.9 Å². The number of amides is 1. The lowest BCUT2D eigenvalue weighted by Crippen LogP contribution is -2.88. The van der Waals surface area contributed by atoms with Crippen LogP contribution in [0.1, 0.15) is 56.3 Å². The van der Waals surface area contributed by atoms with Crippen molar-refractivity contribution >= 4 is 11.6 Å². The average Bonchev–Trinajstić information content (AvgIpc) is 2.64. The SMILES string of the molecule is CC(C)c1ccc([C@H]([NH2+]CC(=O)Nc2ccc(CC#N)cc2)C(C)C)cc1. The van der Waals surface area contributed by atoms with Crippen molar-refractivity contribution in [2.45, 2.75) is 46.1 Å². The second kappa shape index (κ2) is 9.89. The van der Waals surface area contributed by atoms with Crippen LogP contribution in [0.5, 0.6) is 0 Å². The third kappa shape index (κ3) is 6.23. The Balaban J connectivity index is 1.94. The van der Waals surface area contributed by atoms with E-state index in [4.69, 9.17) is 5.26 Å². The lowest BCUT2D eigenvalue weighted by Gasteiger charge is -2.20. The van der Waals surface area contributed by atoms with Gasteiger partial charge in [0.1, 0.15) is 6.04 Å². The van der Waals surface area contributed by atoms with Gasteiger partial charge >= 0.3 is 0 Å². The molecule has 0 heterocycles. The molecule has 0 fully saturated rings. The minimum atomic E-state index is -0.0208. The highest BCUT2D eigenvalue weighted by Gasteiger charge is 2.20. The van der Waals surface area contributed by atoms with Gasteiger partial charge in [-0.25, -0.2) is 0 Å². The first-order valence-electron chi connectivity index (χ1n) is 9.59. The third-order valence-electron chi connectivity index (χ3n) is 4.78. The summed E-state index contributed by atoms with van der Waals surface area (Å²) in [5.41, 5.74) is 4.30. The van der Waals surface area contributed by atoms with E-state index in [1.807, 2.05) is 24.3 Å². The Morgan fingerprint density at radius 3 is 2.11 bits per heavy atom. The van der Waals surface area contributed by atoms with Crippen LogP contribution in [-0.4, -0.2) is 12.5 Å². The number of nitriles is 1. The van der Waals surface area contributed by atoms with Crippen molar-refractivity contribution in [2.24, 2.45) is 5.92 Å². The highest BCUT2D eigenvalue weighted by Crippen LogP contribution is 2.21. The first kappa shape index (κ1) is 20.7. The second-order valence-electron chi connectivity index (χ2n) is 7.61. The van der Waals surface area contributed by atoms with Gasteiger partial charge < -0.3 is 10.6 Å². The zero-order valence-electron chi connectivity index (χ0n) is 16.7. The molecule has 1 amide bonds. The van der Waals surface area contributed by atoms with Crippen molar-refractivity contribution in [1.82, 2.24) is 0 Å². The summed E-state index contributed by atoms with van der Waals surface area (Å²) in [5, 5.41) is 13.7. The van der Waals surface area contributed by atoms with E-state index >= 15 is 0 Å². The Bertz CT molecular complexity index is 771. The second-order valence-corrected chi connectivity index (χ2v) is 7.61. The molecule has 2 aromatic carbocycles. The predicted molar refractivity (Wildman–Crippen MR) is 109 cm³/mol. The summed E-state index contributed by atoms with van der Waals surface area (Å²) in [6.07, 6.45) is 0.383. The van der Waals surface area contributed by atoms with Crippen LogP contribution in [0.15, 0.2) is 48.5 Å². The van der Waals surface area contributed by atoms with E-state index in [-0.39, 0.29) is 11.9 Å². The summed E-state index contributed by atoms with van der Waals surface area (Å²) in [6, 6.07) is 18.5. The van der Waals surface area contributed by atoms with Crippen LogP contribution in [0.2, 0.25) is 0 Å². The van der Waals surface area contributed by atoms with Crippen molar-refractivity contribution in [3.8, 4) is 6.07 Å². The molecule has 4 nitrogen and oxygen atoms in total. The summed E-state index contributed by atoms with van der Waals surface area (Å²) in [4.78, 5) is 12.3. The Kier molecular flexibility index (Phi) is 7.57. The lowest BCUT2D eigenvalue weighted by molar-refractivity contribution is -0.692. The van der Waals surface area contributed by atoms with Crippen LogP contribution >= 0.6 is 0 Å².